The number of anilines is 1. The van der Waals surface area contributed by atoms with Gasteiger partial charge in [0.25, 0.3) is 5.69 Å². The van der Waals surface area contributed by atoms with Crippen molar-refractivity contribution in [2.45, 2.75) is 19.3 Å². The van der Waals surface area contributed by atoms with Gasteiger partial charge in [0.05, 0.1) is 10.4 Å². The largest absolute Gasteiger partial charge is 0.360 e. The number of fused-ring (bicyclic) bond motifs is 1. The Hall–Kier alpha value is -2.17. The van der Waals surface area contributed by atoms with Crippen LogP contribution in [-0.4, -0.2) is 23.5 Å². The summed E-state index contributed by atoms with van der Waals surface area (Å²) in [6.07, 6.45) is 3.95. The van der Waals surface area contributed by atoms with E-state index in [2.05, 4.69) is 9.88 Å². The van der Waals surface area contributed by atoms with E-state index in [1.54, 1.807) is 12.1 Å². The van der Waals surface area contributed by atoms with E-state index in [1.807, 2.05) is 19.2 Å². The molecular formula is C15H17N3O2. The van der Waals surface area contributed by atoms with E-state index < -0.39 is 0 Å². The van der Waals surface area contributed by atoms with Crippen molar-refractivity contribution in [2.75, 3.05) is 18.5 Å². The Balaban J connectivity index is 1.82. The zero-order valence-electron chi connectivity index (χ0n) is 11.5. The second-order valence-electron chi connectivity index (χ2n) is 5.46. The molecule has 2 aromatic rings. The number of benzene rings is 1. The van der Waals surface area contributed by atoms with Crippen molar-refractivity contribution in [2.24, 2.45) is 5.92 Å². The molecule has 0 saturated heterocycles. The molecule has 0 aliphatic heterocycles. The summed E-state index contributed by atoms with van der Waals surface area (Å²) in [5, 5.41) is 11.6. The zero-order valence-corrected chi connectivity index (χ0v) is 11.5. The number of nitrogens with zero attached hydrogens (tertiary/aromatic N) is 3. The maximum atomic E-state index is 10.8. The average molecular weight is 271 g/mol. The van der Waals surface area contributed by atoms with Crippen LogP contribution in [-0.2, 0) is 0 Å². The molecule has 0 amide bonds. The van der Waals surface area contributed by atoms with Crippen molar-refractivity contribution < 1.29 is 4.92 Å². The number of nitro benzene ring substituents is 1. The summed E-state index contributed by atoms with van der Waals surface area (Å²) in [7, 11) is 2.04. The Labute approximate surface area is 117 Å². The molecule has 1 fully saturated rings. The highest BCUT2D eigenvalue weighted by Crippen LogP contribution is 2.32. The van der Waals surface area contributed by atoms with Gasteiger partial charge in [0.15, 0.2) is 0 Å². The number of rotatable bonds is 5. The van der Waals surface area contributed by atoms with Gasteiger partial charge in [-0.05, 0) is 30.5 Å². The fourth-order valence-corrected chi connectivity index (χ4v) is 2.33. The minimum Gasteiger partial charge on any atom is -0.360 e. The van der Waals surface area contributed by atoms with E-state index in [0.29, 0.717) is 0 Å². The normalized spacial score (nSPS) is 14.4. The van der Waals surface area contributed by atoms with Gasteiger partial charge >= 0.3 is 0 Å². The Bertz CT molecular complexity index is 653. The minimum absolute atomic E-state index is 0.106. The van der Waals surface area contributed by atoms with Gasteiger partial charge in [-0.3, -0.25) is 10.1 Å². The van der Waals surface area contributed by atoms with Crippen molar-refractivity contribution in [1.82, 2.24) is 4.98 Å². The van der Waals surface area contributed by atoms with E-state index in [0.717, 1.165) is 29.2 Å². The Morgan fingerprint density at radius 2 is 2.15 bits per heavy atom. The van der Waals surface area contributed by atoms with Crippen LogP contribution in [0.15, 0.2) is 30.3 Å². The summed E-state index contributed by atoms with van der Waals surface area (Å²) in [4.78, 5) is 17.1. The fourth-order valence-electron chi connectivity index (χ4n) is 2.33. The van der Waals surface area contributed by atoms with Crippen LogP contribution < -0.4 is 4.90 Å². The number of hydrogen-bond acceptors (Lipinski definition) is 4. The summed E-state index contributed by atoms with van der Waals surface area (Å²) in [5.74, 6) is 1.83. The SMILES string of the molecule is CN(CCC1CC1)c1ccc2cc([N+](=O)[O-])ccc2n1. The molecule has 0 unspecified atom stereocenters. The number of non-ortho nitro benzene ring substituents is 1. The highest BCUT2D eigenvalue weighted by atomic mass is 16.6. The van der Waals surface area contributed by atoms with Crippen LogP contribution in [0.25, 0.3) is 10.9 Å². The molecule has 20 heavy (non-hydrogen) atoms. The maximum Gasteiger partial charge on any atom is 0.270 e. The number of aromatic nitrogens is 1. The molecule has 5 heteroatoms. The monoisotopic (exact) mass is 271 g/mol. The molecule has 3 rings (SSSR count). The summed E-state index contributed by atoms with van der Waals surface area (Å²) < 4.78 is 0. The van der Waals surface area contributed by atoms with E-state index in [-0.39, 0.29) is 10.6 Å². The van der Waals surface area contributed by atoms with Gasteiger partial charge in [0.2, 0.25) is 0 Å². The quantitative estimate of drug-likeness (QED) is 0.618. The number of hydrogen-bond donors (Lipinski definition) is 0. The first-order chi connectivity index (χ1) is 9.63. The standard InChI is InChI=1S/C15H17N3O2/c1-17(9-8-11-2-3-11)15-7-4-12-10-13(18(19)20)5-6-14(12)16-15/h4-7,10-11H,2-3,8-9H2,1H3. The molecule has 5 nitrogen and oxygen atoms in total. The Morgan fingerprint density at radius 3 is 2.85 bits per heavy atom. The number of nitro groups is 1. The van der Waals surface area contributed by atoms with Crippen LogP contribution in [0, 0.1) is 16.0 Å². The molecule has 1 saturated carbocycles. The van der Waals surface area contributed by atoms with E-state index in [1.165, 1.54) is 25.3 Å². The molecule has 1 heterocycles. The molecule has 1 aliphatic carbocycles. The first-order valence-corrected chi connectivity index (χ1v) is 6.90. The molecule has 1 aliphatic rings. The predicted molar refractivity (Wildman–Crippen MR) is 79.0 cm³/mol. The Kier molecular flexibility index (Phi) is 3.26. The lowest BCUT2D eigenvalue weighted by atomic mass is 10.2. The molecule has 0 radical (unpaired) electrons. The highest BCUT2D eigenvalue weighted by molar-refractivity contribution is 5.82. The van der Waals surface area contributed by atoms with Gasteiger partial charge in [0.1, 0.15) is 5.82 Å². The number of pyridine rings is 1. The molecule has 1 aromatic carbocycles. The molecule has 1 aromatic heterocycles. The first-order valence-electron chi connectivity index (χ1n) is 6.90. The van der Waals surface area contributed by atoms with E-state index in [9.17, 15) is 10.1 Å². The van der Waals surface area contributed by atoms with Crippen LogP contribution in [0.4, 0.5) is 11.5 Å². The summed E-state index contributed by atoms with van der Waals surface area (Å²) in [6, 6.07) is 8.61. The van der Waals surface area contributed by atoms with Gasteiger partial charge in [-0.1, -0.05) is 12.8 Å². The first kappa shape index (κ1) is 12.8. The summed E-state index contributed by atoms with van der Waals surface area (Å²) in [6.45, 7) is 1.01. The van der Waals surface area contributed by atoms with Crippen molar-refractivity contribution >= 4 is 22.4 Å². The highest BCUT2D eigenvalue weighted by Gasteiger charge is 2.21. The third-order valence-corrected chi connectivity index (χ3v) is 3.83. The van der Waals surface area contributed by atoms with Crippen LogP contribution in [0.2, 0.25) is 0 Å². The second-order valence-corrected chi connectivity index (χ2v) is 5.46. The third-order valence-electron chi connectivity index (χ3n) is 3.83. The van der Waals surface area contributed by atoms with Crippen LogP contribution in [0.5, 0.6) is 0 Å². The van der Waals surface area contributed by atoms with Crippen molar-refractivity contribution in [3.63, 3.8) is 0 Å². The lowest BCUT2D eigenvalue weighted by molar-refractivity contribution is -0.384. The molecule has 0 spiro atoms. The topological polar surface area (TPSA) is 59.3 Å². The zero-order chi connectivity index (χ0) is 14.1. The van der Waals surface area contributed by atoms with Crippen molar-refractivity contribution in [3.05, 3.63) is 40.4 Å². The lowest BCUT2D eigenvalue weighted by Crippen LogP contribution is -2.20. The fraction of sp³-hybridized carbons (Fsp3) is 0.400. The third kappa shape index (κ3) is 2.71. The second kappa shape index (κ2) is 5.07. The van der Waals surface area contributed by atoms with Gasteiger partial charge < -0.3 is 4.90 Å². The smallest absolute Gasteiger partial charge is 0.270 e. The predicted octanol–water partition coefficient (Wildman–Crippen LogP) is 3.38. The molecule has 0 atom stereocenters. The van der Waals surface area contributed by atoms with Crippen molar-refractivity contribution in [3.8, 4) is 0 Å². The van der Waals surface area contributed by atoms with Gasteiger partial charge in [0, 0.05) is 31.1 Å². The summed E-state index contributed by atoms with van der Waals surface area (Å²) >= 11 is 0. The van der Waals surface area contributed by atoms with E-state index >= 15 is 0 Å². The molecule has 0 bridgehead atoms. The van der Waals surface area contributed by atoms with Crippen LogP contribution in [0.1, 0.15) is 19.3 Å². The summed E-state index contributed by atoms with van der Waals surface area (Å²) in [5.41, 5.74) is 0.903. The van der Waals surface area contributed by atoms with Crippen LogP contribution in [0.3, 0.4) is 0 Å². The van der Waals surface area contributed by atoms with E-state index in [4.69, 9.17) is 0 Å². The van der Waals surface area contributed by atoms with Gasteiger partial charge in [-0.15, -0.1) is 0 Å². The van der Waals surface area contributed by atoms with Gasteiger partial charge in [-0.2, -0.15) is 0 Å². The van der Waals surface area contributed by atoms with Gasteiger partial charge in [-0.25, -0.2) is 4.98 Å². The maximum absolute atomic E-state index is 10.8. The molecule has 104 valence electrons. The lowest BCUT2D eigenvalue weighted by Gasteiger charge is -2.18. The average Bonchev–Trinajstić information content (AvgIpc) is 3.27. The Morgan fingerprint density at radius 1 is 1.35 bits per heavy atom. The van der Waals surface area contributed by atoms with Crippen molar-refractivity contribution in [1.29, 1.82) is 0 Å². The minimum atomic E-state index is -0.380. The molecular weight excluding hydrogens is 254 g/mol. The molecule has 0 N–H and O–H groups in total. The van der Waals surface area contributed by atoms with Crippen LogP contribution >= 0.6 is 0 Å².